The lowest BCUT2D eigenvalue weighted by Crippen LogP contribution is -2.55. The Balaban J connectivity index is 1.33. The maximum absolute atomic E-state index is 12.9. The number of carbonyl (C=O) groups excluding carboxylic acids is 1. The number of aliphatic hydroxyl groups is 1. The summed E-state index contributed by atoms with van der Waals surface area (Å²) in [5.41, 5.74) is 4.60. The Kier molecular flexibility index (Phi) is 5.60. The highest BCUT2D eigenvalue weighted by atomic mass is 16.3. The quantitative estimate of drug-likeness (QED) is 0.568. The Bertz CT molecular complexity index is 1270. The van der Waals surface area contributed by atoms with Crippen molar-refractivity contribution in [2.24, 2.45) is 11.8 Å². The van der Waals surface area contributed by atoms with E-state index in [1.165, 1.54) is 35.0 Å². The molecule has 3 atom stereocenters. The molecule has 2 saturated carbocycles. The monoisotopic (exact) mass is 471 g/mol. The molecule has 1 aliphatic heterocycles. The zero-order valence-corrected chi connectivity index (χ0v) is 20.4. The molecule has 0 radical (unpaired) electrons. The topological polar surface area (TPSA) is 81.6 Å². The Labute approximate surface area is 206 Å². The van der Waals surface area contributed by atoms with E-state index in [0.29, 0.717) is 12.5 Å². The molecular weight excluding hydrogens is 438 g/mol. The third-order valence-corrected chi connectivity index (χ3v) is 7.92. The van der Waals surface area contributed by atoms with Crippen molar-refractivity contribution >= 4 is 28.2 Å². The highest BCUT2D eigenvalue weighted by Crippen LogP contribution is 2.47. The fraction of sp³-hybridized carbons (Fsp3) is 0.464. The molecule has 3 unspecified atom stereocenters. The van der Waals surface area contributed by atoms with E-state index >= 15 is 0 Å². The number of piperazine rings is 1. The van der Waals surface area contributed by atoms with Crippen molar-refractivity contribution in [3.8, 4) is 11.1 Å². The summed E-state index contributed by atoms with van der Waals surface area (Å²) in [5.74, 6) is 1.86. The SMILES string of the molecule is CNc1cc(-c2cccc3cnccc23)c(C2CC2)nc1N1CCN(C(=O)C2CC2CO)C(C)C1. The molecule has 7 heteroatoms. The van der Waals surface area contributed by atoms with Gasteiger partial charge in [-0.05, 0) is 55.2 Å². The molecule has 0 bridgehead atoms. The van der Waals surface area contributed by atoms with E-state index in [4.69, 9.17) is 4.98 Å². The van der Waals surface area contributed by atoms with Crippen molar-refractivity contribution in [2.75, 3.05) is 43.5 Å². The predicted octanol–water partition coefficient (Wildman–Crippen LogP) is 3.88. The van der Waals surface area contributed by atoms with Gasteiger partial charge in [0, 0.05) is 74.5 Å². The number of aliphatic hydroxyl groups excluding tert-OH is 1. The number of pyridine rings is 2. The molecule has 35 heavy (non-hydrogen) atoms. The second-order valence-electron chi connectivity index (χ2n) is 10.3. The molecule has 3 aliphatic rings. The van der Waals surface area contributed by atoms with Crippen molar-refractivity contribution in [1.82, 2.24) is 14.9 Å². The third-order valence-electron chi connectivity index (χ3n) is 7.92. The number of anilines is 2. The number of nitrogens with zero attached hydrogens (tertiary/aromatic N) is 4. The number of aromatic nitrogens is 2. The number of rotatable bonds is 6. The van der Waals surface area contributed by atoms with E-state index in [2.05, 4.69) is 52.5 Å². The average molecular weight is 472 g/mol. The van der Waals surface area contributed by atoms with E-state index in [0.717, 1.165) is 36.4 Å². The van der Waals surface area contributed by atoms with Gasteiger partial charge in [-0.2, -0.15) is 0 Å². The van der Waals surface area contributed by atoms with E-state index in [1.807, 2.05) is 24.3 Å². The second-order valence-corrected chi connectivity index (χ2v) is 10.3. The minimum Gasteiger partial charge on any atom is -0.396 e. The van der Waals surface area contributed by atoms with Crippen molar-refractivity contribution in [2.45, 2.75) is 38.1 Å². The highest BCUT2D eigenvalue weighted by molar-refractivity contribution is 5.97. The molecule has 7 nitrogen and oxygen atoms in total. The number of carbonyl (C=O) groups is 1. The van der Waals surface area contributed by atoms with Gasteiger partial charge in [0.2, 0.25) is 5.91 Å². The van der Waals surface area contributed by atoms with Gasteiger partial charge in [-0.3, -0.25) is 9.78 Å². The van der Waals surface area contributed by atoms with Gasteiger partial charge in [0.05, 0.1) is 11.4 Å². The van der Waals surface area contributed by atoms with Crippen LogP contribution in [0.2, 0.25) is 0 Å². The highest BCUT2D eigenvalue weighted by Gasteiger charge is 2.46. The fourth-order valence-electron chi connectivity index (χ4n) is 5.63. The first kappa shape index (κ1) is 22.3. The van der Waals surface area contributed by atoms with Crippen LogP contribution in [0, 0.1) is 11.8 Å². The number of hydrogen-bond acceptors (Lipinski definition) is 6. The van der Waals surface area contributed by atoms with E-state index in [9.17, 15) is 9.90 Å². The minimum atomic E-state index is 0.0108. The zero-order chi connectivity index (χ0) is 24.1. The van der Waals surface area contributed by atoms with E-state index < -0.39 is 0 Å². The molecule has 2 aromatic heterocycles. The lowest BCUT2D eigenvalue weighted by Gasteiger charge is -2.41. The van der Waals surface area contributed by atoms with Gasteiger partial charge in [-0.25, -0.2) is 4.98 Å². The zero-order valence-electron chi connectivity index (χ0n) is 20.4. The summed E-state index contributed by atoms with van der Waals surface area (Å²) >= 11 is 0. The number of amides is 1. The van der Waals surface area contributed by atoms with Crippen LogP contribution in [-0.4, -0.2) is 65.2 Å². The Hall–Kier alpha value is -3.19. The fourth-order valence-corrected chi connectivity index (χ4v) is 5.63. The van der Waals surface area contributed by atoms with Crippen LogP contribution < -0.4 is 10.2 Å². The van der Waals surface area contributed by atoms with Gasteiger partial charge in [-0.1, -0.05) is 18.2 Å². The van der Waals surface area contributed by atoms with Crippen LogP contribution >= 0.6 is 0 Å². The Morgan fingerprint density at radius 1 is 1.20 bits per heavy atom. The molecular formula is C28H33N5O2. The van der Waals surface area contributed by atoms with Gasteiger partial charge < -0.3 is 20.2 Å². The van der Waals surface area contributed by atoms with Gasteiger partial charge in [-0.15, -0.1) is 0 Å². The lowest BCUT2D eigenvalue weighted by molar-refractivity contribution is -0.135. The van der Waals surface area contributed by atoms with Gasteiger partial charge in [0.15, 0.2) is 5.82 Å². The standard InChI is InChI=1S/C28H33N5O2/c1-17-15-32(10-11-33(17)28(35)23-12-20(23)16-34)27-25(29-2)13-24(26(31-27)18-6-7-18)22-5-3-4-19-14-30-9-8-21(19)22/h3-5,8-9,13-14,17-18,20,23,29,34H,6-7,10-12,15-16H2,1-2H3. The Morgan fingerprint density at radius 3 is 2.77 bits per heavy atom. The summed E-state index contributed by atoms with van der Waals surface area (Å²) in [6, 6.07) is 10.9. The van der Waals surface area contributed by atoms with Gasteiger partial charge in [0.25, 0.3) is 0 Å². The summed E-state index contributed by atoms with van der Waals surface area (Å²) in [6.07, 6.45) is 6.95. The van der Waals surface area contributed by atoms with Crippen LogP contribution in [-0.2, 0) is 4.79 Å². The molecule has 1 aromatic carbocycles. The first-order valence-electron chi connectivity index (χ1n) is 12.8. The molecule has 3 fully saturated rings. The molecule has 3 heterocycles. The molecule has 2 aliphatic carbocycles. The molecule has 3 aromatic rings. The summed E-state index contributed by atoms with van der Waals surface area (Å²) in [7, 11) is 1.96. The van der Waals surface area contributed by atoms with Crippen LogP contribution in [0.15, 0.2) is 42.7 Å². The molecule has 1 saturated heterocycles. The lowest BCUT2D eigenvalue weighted by atomic mass is 9.96. The number of fused-ring (bicyclic) bond motifs is 1. The number of nitrogens with one attached hydrogen (secondary N) is 1. The number of hydrogen-bond donors (Lipinski definition) is 2. The van der Waals surface area contributed by atoms with Gasteiger partial charge >= 0.3 is 0 Å². The molecule has 2 N–H and O–H groups in total. The van der Waals surface area contributed by atoms with Crippen LogP contribution in [0.1, 0.15) is 37.8 Å². The first-order chi connectivity index (χ1) is 17.1. The largest absolute Gasteiger partial charge is 0.396 e. The summed E-state index contributed by atoms with van der Waals surface area (Å²) in [4.78, 5) is 26.9. The average Bonchev–Trinajstić information content (AvgIpc) is 3.81. The number of benzene rings is 1. The third kappa shape index (κ3) is 4.01. The summed E-state index contributed by atoms with van der Waals surface area (Å²) < 4.78 is 0. The van der Waals surface area contributed by atoms with E-state index in [-0.39, 0.29) is 30.4 Å². The molecule has 182 valence electrons. The minimum absolute atomic E-state index is 0.0108. The van der Waals surface area contributed by atoms with Gasteiger partial charge in [0.1, 0.15) is 0 Å². The van der Waals surface area contributed by atoms with Crippen LogP contribution in [0.4, 0.5) is 11.5 Å². The van der Waals surface area contributed by atoms with Crippen molar-refractivity contribution in [3.05, 3.63) is 48.4 Å². The normalized spacial score (nSPS) is 24.0. The van der Waals surface area contributed by atoms with Crippen LogP contribution in [0.25, 0.3) is 21.9 Å². The van der Waals surface area contributed by atoms with Crippen molar-refractivity contribution < 1.29 is 9.90 Å². The maximum atomic E-state index is 12.9. The van der Waals surface area contributed by atoms with Crippen LogP contribution in [0.5, 0.6) is 0 Å². The maximum Gasteiger partial charge on any atom is 0.226 e. The van der Waals surface area contributed by atoms with Crippen molar-refractivity contribution in [3.63, 3.8) is 0 Å². The molecule has 1 amide bonds. The molecule has 0 spiro atoms. The first-order valence-corrected chi connectivity index (χ1v) is 12.8. The smallest absolute Gasteiger partial charge is 0.226 e. The van der Waals surface area contributed by atoms with Crippen LogP contribution in [0.3, 0.4) is 0 Å². The second kappa shape index (κ2) is 8.79. The van der Waals surface area contributed by atoms with E-state index in [1.54, 1.807) is 0 Å². The molecule has 6 rings (SSSR count). The summed E-state index contributed by atoms with van der Waals surface area (Å²) in [6.45, 7) is 4.45. The Morgan fingerprint density at radius 2 is 2.06 bits per heavy atom. The summed E-state index contributed by atoms with van der Waals surface area (Å²) in [5, 5.41) is 15.1. The van der Waals surface area contributed by atoms with Crippen molar-refractivity contribution in [1.29, 1.82) is 0 Å². The predicted molar refractivity (Wildman–Crippen MR) is 139 cm³/mol.